The molecule has 0 atom stereocenters. The number of pyridine rings is 1. The summed E-state index contributed by atoms with van der Waals surface area (Å²) in [5.41, 5.74) is 1.75. The van der Waals surface area contributed by atoms with Gasteiger partial charge in [-0.05, 0) is 6.92 Å². The molecule has 1 aromatic rings. The lowest BCUT2D eigenvalue weighted by atomic mass is 10.2. The molecule has 1 aromatic heterocycles. The molecule has 0 amide bonds. The van der Waals surface area contributed by atoms with Crippen molar-refractivity contribution in [3.63, 3.8) is 0 Å². The number of aromatic nitrogens is 1. The van der Waals surface area contributed by atoms with Crippen molar-refractivity contribution in [2.75, 3.05) is 31.2 Å². The third-order valence-electron chi connectivity index (χ3n) is 2.38. The number of anilines is 1. The van der Waals surface area contributed by atoms with E-state index in [2.05, 4.69) is 9.88 Å². The maximum absolute atomic E-state index is 13.0. The number of aryl methyl sites for hydroxylation is 1. The van der Waals surface area contributed by atoms with E-state index in [4.69, 9.17) is 4.74 Å². The highest BCUT2D eigenvalue weighted by molar-refractivity contribution is 5.50. The largest absolute Gasteiger partial charge is 0.378 e. The molecule has 0 radical (unpaired) electrons. The van der Waals surface area contributed by atoms with E-state index in [-0.39, 0.29) is 5.82 Å². The summed E-state index contributed by atoms with van der Waals surface area (Å²) in [4.78, 5) is 6.10. The summed E-state index contributed by atoms with van der Waals surface area (Å²) >= 11 is 0. The molecule has 2 heterocycles. The van der Waals surface area contributed by atoms with Gasteiger partial charge in [-0.15, -0.1) is 0 Å². The van der Waals surface area contributed by atoms with Gasteiger partial charge in [-0.1, -0.05) is 13.8 Å². The molecule has 0 unspecified atom stereocenters. The molecule has 4 heteroatoms. The van der Waals surface area contributed by atoms with Crippen LogP contribution in [0.1, 0.15) is 19.5 Å². The predicted molar refractivity (Wildman–Crippen MR) is 63.3 cm³/mol. The Morgan fingerprint density at radius 1 is 1.31 bits per heavy atom. The highest BCUT2D eigenvalue weighted by Gasteiger charge is 2.14. The van der Waals surface area contributed by atoms with E-state index >= 15 is 0 Å². The molecule has 0 N–H and O–H groups in total. The first kappa shape index (κ1) is 12.9. The molecule has 0 aromatic carbocycles. The highest BCUT2D eigenvalue weighted by Crippen LogP contribution is 2.19. The van der Waals surface area contributed by atoms with Crippen molar-refractivity contribution in [3.05, 3.63) is 23.8 Å². The van der Waals surface area contributed by atoms with E-state index in [1.807, 2.05) is 20.8 Å². The minimum absolute atomic E-state index is 0.280. The van der Waals surface area contributed by atoms with Crippen molar-refractivity contribution in [2.45, 2.75) is 20.8 Å². The number of rotatable bonds is 1. The number of morpholine rings is 1. The molecule has 1 aliphatic heterocycles. The topological polar surface area (TPSA) is 25.4 Å². The van der Waals surface area contributed by atoms with Gasteiger partial charge < -0.3 is 9.64 Å². The Bertz CT molecular complexity index is 325. The van der Waals surface area contributed by atoms with Crippen molar-refractivity contribution in [1.29, 1.82) is 0 Å². The van der Waals surface area contributed by atoms with Crippen molar-refractivity contribution >= 4 is 5.69 Å². The Balaban J connectivity index is 0.000000606. The van der Waals surface area contributed by atoms with Gasteiger partial charge in [0.1, 0.15) is 5.82 Å². The minimum Gasteiger partial charge on any atom is -0.378 e. The Labute approximate surface area is 96.2 Å². The van der Waals surface area contributed by atoms with E-state index < -0.39 is 0 Å². The lowest BCUT2D eigenvalue weighted by molar-refractivity contribution is 0.122. The van der Waals surface area contributed by atoms with E-state index in [9.17, 15) is 4.39 Å². The monoisotopic (exact) mass is 226 g/mol. The molecule has 0 bridgehead atoms. The van der Waals surface area contributed by atoms with Crippen LogP contribution in [0, 0.1) is 12.7 Å². The first-order chi connectivity index (χ1) is 7.77. The van der Waals surface area contributed by atoms with Crippen LogP contribution in [0.4, 0.5) is 10.1 Å². The third kappa shape index (κ3) is 3.17. The van der Waals surface area contributed by atoms with Crippen molar-refractivity contribution in [3.8, 4) is 0 Å². The number of nitrogens with zero attached hydrogens (tertiary/aromatic N) is 2. The van der Waals surface area contributed by atoms with Crippen LogP contribution in [0.15, 0.2) is 12.3 Å². The lowest BCUT2D eigenvalue weighted by Crippen LogP contribution is -2.36. The van der Waals surface area contributed by atoms with Gasteiger partial charge >= 0.3 is 0 Å². The summed E-state index contributed by atoms with van der Waals surface area (Å²) in [6, 6.07) is 1.54. The smallest absolute Gasteiger partial charge is 0.143 e. The van der Waals surface area contributed by atoms with Crippen LogP contribution in [0.3, 0.4) is 0 Å². The number of ether oxygens (including phenoxy) is 1. The highest BCUT2D eigenvalue weighted by atomic mass is 19.1. The molecule has 1 fully saturated rings. The van der Waals surface area contributed by atoms with Gasteiger partial charge in [0, 0.05) is 19.2 Å². The number of hydrogen-bond donors (Lipinski definition) is 0. The zero-order valence-corrected chi connectivity index (χ0v) is 10.2. The number of halogens is 1. The van der Waals surface area contributed by atoms with Crippen LogP contribution in [0.2, 0.25) is 0 Å². The molecule has 1 saturated heterocycles. The molecule has 90 valence electrons. The summed E-state index contributed by atoms with van der Waals surface area (Å²) in [6.45, 7) is 8.92. The maximum atomic E-state index is 13.0. The van der Waals surface area contributed by atoms with Crippen LogP contribution in [-0.2, 0) is 4.74 Å². The average Bonchev–Trinajstić information content (AvgIpc) is 2.36. The van der Waals surface area contributed by atoms with E-state index in [0.717, 1.165) is 24.5 Å². The third-order valence-corrected chi connectivity index (χ3v) is 2.38. The zero-order chi connectivity index (χ0) is 12.0. The molecular formula is C12H19FN2O. The van der Waals surface area contributed by atoms with Gasteiger partial charge in [-0.3, -0.25) is 4.98 Å². The van der Waals surface area contributed by atoms with Crippen molar-refractivity contribution < 1.29 is 9.13 Å². The van der Waals surface area contributed by atoms with Crippen molar-refractivity contribution in [1.82, 2.24) is 4.98 Å². The molecular weight excluding hydrogens is 207 g/mol. The summed E-state index contributed by atoms with van der Waals surface area (Å²) in [5, 5.41) is 0. The Morgan fingerprint density at radius 3 is 2.56 bits per heavy atom. The molecule has 0 saturated carbocycles. The fraction of sp³-hybridized carbons (Fsp3) is 0.583. The van der Waals surface area contributed by atoms with E-state index in [1.54, 1.807) is 0 Å². The second-order valence-electron chi connectivity index (χ2n) is 3.36. The first-order valence-electron chi connectivity index (χ1n) is 5.72. The molecule has 0 aliphatic carbocycles. The quantitative estimate of drug-likeness (QED) is 0.735. The minimum atomic E-state index is -0.280. The first-order valence-corrected chi connectivity index (χ1v) is 5.72. The van der Waals surface area contributed by atoms with Crippen molar-refractivity contribution in [2.24, 2.45) is 0 Å². The second kappa shape index (κ2) is 6.43. The van der Waals surface area contributed by atoms with Gasteiger partial charge in [-0.2, -0.15) is 0 Å². The van der Waals surface area contributed by atoms with E-state index in [0.29, 0.717) is 13.2 Å². The van der Waals surface area contributed by atoms with Crippen LogP contribution < -0.4 is 4.90 Å². The normalized spacial score (nSPS) is 15.4. The average molecular weight is 226 g/mol. The SMILES string of the molecule is CC.Cc1ncc(F)cc1N1CCOCC1. The Morgan fingerprint density at radius 2 is 1.94 bits per heavy atom. The molecule has 0 spiro atoms. The van der Waals surface area contributed by atoms with E-state index in [1.165, 1.54) is 12.3 Å². The fourth-order valence-electron chi connectivity index (χ4n) is 1.62. The Hall–Kier alpha value is -1.16. The molecule has 3 nitrogen and oxygen atoms in total. The van der Waals surface area contributed by atoms with Gasteiger partial charge in [0.2, 0.25) is 0 Å². The summed E-state index contributed by atoms with van der Waals surface area (Å²) in [5.74, 6) is -0.280. The standard InChI is InChI=1S/C10H13FN2O.C2H6/c1-8-10(6-9(11)7-12-8)13-2-4-14-5-3-13;1-2/h6-7H,2-5H2,1H3;1-2H3. The van der Waals surface area contributed by atoms with Gasteiger partial charge in [0.25, 0.3) is 0 Å². The van der Waals surface area contributed by atoms with Crippen LogP contribution in [0.5, 0.6) is 0 Å². The fourth-order valence-corrected chi connectivity index (χ4v) is 1.62. The number of hydrogen-bond acceptors (Lipinski definition) is 3. The zero-order valence-electron chi connectivity index (χ0n) is 10.2. The van der Waals surface area contributed by atoms with Crippen LogP contribution in [-0.4, -0.2) is 31.3 Å². The van der Waals surface area contributed by atoms with Crippen LogP contribution in [0.25, 0.3) is 0 Å². The Kier molecular flexibility index (Phi) is 5.19. The molecule has 1 aliphatic rings. The summed E-state index contributed by atoms with van der Waals surface area (Å²) in [7, 11) is 0. The van der Waals surface area contributed by atoms with Gasteiger partial charge in [0.15, 0.2) is 0 Å². The molecule has 2 rings (SSSR count). The summed E-state index contributed by atoms with van der Waals surface area (Å²) in [6.07, 6.45) is 1.25. The van der Waals surface area contributed by atoms with Gasteiger partial charge in [-0.25, -0.2) is 4.39 Å². The second-order valence-corrected chi connectivity index (χ2v) is 3.36. The summed E-state index contributed by atoms with van der Waals surface area (Å²) < 4.78 is 18.2. The predicted octanol–water partition coefficient (Wildman–Crippen LogP) is 2.39. The lowest BCUT2D eigenvalue weighted by Gasteiger charge is -2.29. The van der Waals surface area contributed by atoms with Gasteiger partial charge in [0.05, 0.1) is 30.8 Å². The van der Waals surface area contributed by atoms with Crippen LogP contribution >= 0.6 is 0 Å². The molecule has 16 heavy (non-hydrogen) atoms. The maximum Gasteiger partial charge on any atom is 0.143 e.